The van der Waals surface area contributed by atoms with Crippen molar-refractivity contribution in [2.24, 2.45) is 5.73 Å². The zero-order chi connectivity index (χ0) is 14.1. The van der Waals surface area contributed by atoms with Gasteiger partial charge in [0, 0.05) is 18.0 Å². The summed E-state index contributed by atoms with van der Waals surface area (Å²) in [5, 5.41) is 10.7. The Balaban J connectivity index is 0.00000137. The number of aromatic amines is 1. The monoisotopic (exact) mass is 250 g/mol. The third-order valence-corrected chi connectivity index (χ3v) is 2.37. The van der Waals surface area contributed by atoms with Gasteiger partial charge in [-0.15, -0.1) is 0 Å². The Morgan fingerprint density at radius 1 is 1.61 bits per heavy atom. The summed E-state index contributed by atoms with van der Waals surface area (Å²) in [4.78, 5) is 13.7. The van der Waals surface area contributed by atoms with E-state index in [1.54, 1.807) is 12.3 Å². The van der Waals surface area contributed by atoms with Gasteiger partial charge in [0.1, 0.15) is 6.04 Å². The van der Waals surface area contributed by atoms with E-state index in [9.17, 15) is 4.79 Å². The van der Waals surface area contributed by atoms with E-state index in [1.807, 2.05) is 32.9 Å². The lowest BCUT2D eigenvalue weighted by molar-refractivity contribution is -0.138. The molecule has 0 radical (unpaired) electrons. The number of nitrogens with two attached hydrogens (primary N) is 1. The minimum atomic E-state index is -0.988. The molecule has 0 fully saturated rings. The number of allylic oxidation sites excluding steroid dienone is 1. The average molecular weight is 250 g/mol. The molecule has 0 saturated carbocycles. The van der Waals surface area contributed by atoms with E-state index in [0.29, 0.717) is 6.42 Å². The quantitative estimate of drug-likeness (QED) is 0.738. The second-order valence-electron chi connectivity index (χ2n) is 3.48. The number of carboxylic acid groups (broad SMARTS) is 1. The maximum Gasteiger partial charge on any atom is 0.320 e. The molecule has 0 spiro atoms. The maximum atomic E-state index is 10.7. The highest BCUT2D eigenvalue weighted by atomic mass is 16.4. The normalized spacial score (nSPS) is 13.8. The summed E-state index contributed by atoms with van der Waals surface area (Å²) < 4.78 is 0. The average Bonchev–Trinajstić information content (AvgIpc) is 2.74. The predicted molar refractivity (Wildman–Crippen MR) is 75.5 cm³/mol. The number of H-pyrrole nitrogens is 1. The van der Waals surface area contributed by atoms with Crippen molar-refractivity contribution >= 4 is 18.1 Å². The Morgan fingerprint density at radius 2 is 2.22 bits per heavy atom. The van der Waals surface area contributed by atoms with E-state index in [2.05, 4.69) is 11.6 Å². The Kier molecular flexibility index (Phi) is 7.47. The number of aliphatic carboxylic acids is 1. The maximum absolute atomic E-state index is 10.7. The number of hydrogen-bond donors (Lipinski definition) is 3. The molecule has 1 heterocycles. The second kappa shape index (κ2) is 8.31. The molecule has 4 heteroatoms. The van der Waals surface area contributed by atoms with Crippen LogP contribution in [0.1, 0.15) is 26.3 Å². The van der Waals surface area contributed by atoms with Crippen LogP contribution < -0.4 is 16.3 Å². The third-order valence-electron chi connectivity index (χ3n) is 2.37. The summed E-state index contributed by atoms with van der Waals surface area (Å²) in [7, 11) is 0. The van der Waals surface area contributed by atoms with Crippen molar-refractivity contribution in [3.8, 4) is 0 Å². The first-order chi connectivity index (χ1) is 8.60. The largest absolute Gasteiger partial charge is 0.480 e. The van der Waals surface area contributed by atoms with Gasteiger partial charge in [0.2, 0.25) is 0 Å². The molecule has 1 aromatic rings. The zero-order valence-corrected chi connectivity index (χ0v) is 11.2. The van der Waals surface area contributed by atoms with Gasteiger partial charge < -0.3 is 15.8 Å². The molecule has 0 bridgehead atoms. The Bertz CT molecular complexity index is 500. The van der Waals surface area contributed by atoms with Crippen LogP contribution in [0, 0.1) is 0 Å². The standard InChI is InChI=1S/C12H16N2O2.C2H6/c1-3-5-11-9(4-2)8(7-14-11)6-10(13)12(15)16;1-2/h3-5,7,10,14H,1,6,13H2,2H3,(H,15,16);1-2H3/b9-4-,11-5+;/t10-;/m0./s1. The van der Waals surface area contributed by atoms with Crippen molar-refractivity contribution in [2.75, 3.05) is 0 Å². The van der Waals surface area contributed by atoms with Crippen LogP contribution in [0.3, 0.4) is 0 Å². The van der Waals surface area contributed by atoms with Gasteiger partial charge >= 0.3 is 5.97 Å². The SMILES string of the molecule is C=C/C=c1/[nH]cc(C[C@H](N)C(=O)O)/c1=C/C.CC. The van der Waals surface area contributed by atoms with E-state index in [1.165, 1.54) is 0 Å². The van der Waals surface area contributed by atoms with Gasteiger partial charge in [0.15, 0.2) is 0 Å². The molecule has 0 aromatic carbocycles. The molecular formula is C14H22N2O2. The molecule has 0 amide bonds. The van der Waals surface area contributed by atoms with E-state index in [0.717, 1.165) is 16.1 Å². The van der Waals surface area contributed by atoms with Gasteiger partial charge in [-0.25, -0.2) is 0 Å². The molecule has 18 heavy (non-hydrogen) atoms. The topological polar surface area (TPSA) is 79.1 Å². The zero-order valence-electron chi connectivity index (χ0n) is 11.2. The fourth-order valence-corrected chi connectivity index (χ4v) is 1.58. The van der Waals surface area contributed by atoms with Crippen molar-refractivity contribution in [3.05, 3.63) is 35.0 Å². The van der Waals surface area contributed by atoms with E-state index in [-0.39, 0.29) is 0 Å². The van der Waals surface area contributed by atoms with Crippen LogP contribution in [-0.4, -0.2) is 22.1 Å². The van der Waals surface area contributed by atoms with Gasteiger partial charge in [0.05, 0.1) is 0 Å². The van der Waals surface area contributed by atoms with Crippen LogP contribution in [0.2, 0.25) is 0 Å². The Labute approximate surface area is 108 Å². The van der Waals surface area contributed by atoms with Crippen LogP contribution in [-0.2, 0) is 11.2 Å². The van der Waals surface area contributed by atoms with E-state index in [4.69, 9.17) is 10.8 Å². The summed E-state index contributed by atoms with van der Waals surface area (Å²) in [6, 6.07) is -0.869. The van der Waals surface area contributed by atoms with Crippen LogP contribution in [0.25, 0.3) is 12.2 Å². The summed E-state index contributed by atoms with van der Waals surface area (Å²) in [5.41, 5.74) is 6.41. The number of carboxylic acids is 1. The van der Waals surface area contributed by atoms with Crippen molar-refractivity contribution in [1.82, 2.24) is 4.98 Å². The highest BCUT2D eigenvalue weighted by molar-refractivity contribution is 5.73. The molecule has 0 aliphatic carbocycles. The van der Waals surface area contributed by atoms with E-state index < -0.39 is 12.0 Å². The van der Waals surface area contributed by atoms with Gasteiger partial charge in [-0.2, -0.15) is 0 Å². The first-order valence-corrected chi connectivity index (χ1v) is 6.04. The fourth-order valence-electron chi connectivity index (χ4n) is 1.58. The van der Waals surface area contributed by atoms with Crippen molar-refractivity contribution in [2.45, 2.75) is 33.2 Å². The third kappa shape index (κ3) is 4.22. The lowest BCUT2D eigenvalue weighted by atomic mass is 10.1. The molecule has 0 aliphatic rings. The molecule has 100 valence electrons. The lowest BCUT2D eigenvalue weighted by Gasteiger charge is -2.03. The molecule has 1 rings (SSSR count). The summed E-state index contributed by atoms with van der Waals surface area (Å²) in [6.45, 7) is 9.52. The smallest absolute Gasteiger partial charge is 0.320 e. The summed E-state index contributed by atoms with van der Waals surface area (Å²) >= 11 is 0. The molecule has 1 atom stereocenters. The molecule has 1 aromatic heterocycles. The minimum absolute atomic E-state index is 0.316. The molecule has 4 nitrogen and oxygen atoms in total. The van der Waals surface area contributed by atoms with Crippen LogP contribution in [0.5, 0.6) is 0 Å². The number of hydrogen-bond acceptors (Lipinski definition) is 2. The Hall–Kier alpha value is -1.81. The number of rotatable bonds is 4. The first-order valence-electron chi connectivity index (χ1n) is 6.04. The van der Waals surface area contributed by atoms with Gasteiger partial charge in [-0.1, -0.05) is 32.6 Å². The summed E-state index contributed by atoms with van der Waals surface area (Å²) in [6.07, 6.45) is 7.55. The first kappa shape index (κ1) is 16.2. The van der Waals surface area contributed by atoms with Crippen molar-refractivity contribution in [1.29, 1.82) is 0 Å². The predicted octanol–water partition coefficient (Wildman–Crippen LogP) is 0.762. The summed E-state index contributed by atoms with van der Waals surface area (Å²) in [5.74, 6) is -0.988. The van der Waals surface area contributed by atoms with Gasteiger partial charge in [-0.3, -0.25) is 4.79 Å². The molecule has 0 saturated heterocycles. The van der Waals surface area contributed by atoms with Crippen molar-refractivity contribution < 1.29 is 9.90 Å². The minimum Gasteiger partial charge on any atom is -0.480 e. The number of carbonyl (C=O) groups is 1. The molecule has 0 unspecified atom stereocenters. The highest BCUT2D eigenvalue weighted by Crippen LogP contribution is 1.93. The van der Waals surface area contributed by atoms with Crippen LogP contribution >= 0.6 is 0 Å². The van der Waals surface area contributed by atoms with Gasteiger partial charge in [-0.05, 0) is 23.8 Å². The number of aromatic nitrogens is 1. The molecule has 4 N–H and O–H groups in total. The van der Waals surface area contributed by atoms with Crippen LogP contribution in [0.4, 0.5) is 0 Å². The van der Waals surface area contributed by atoms with Crippen molar-refractivity contribution in [3.63, 3.8) is 0 Å². The highest BCUT2D eigenvalue weighted by Gasteiger charge is 2.13. The molecular weight excluding hydrogens is 228 g/mol. The van der Waals surface area contributed by atoms with E-state index >= 15 is 0 Å². The molecule has 0 aliphatic heterocycles. The number of nitrogens with one attached hydrogen (secondary N) is 1. The van der Waals surface area contributed by atoms with Gasteiger partial charge in [0.25, 0.3) is 0 Å². The van der Waals surface area contributed by atoms with Crippen LogP contribution in [0.15, 0.2) is 18.9 Å². The second-order valence-corrected chi connectivity index (χ2v) is 3.48. The Morgan fingerprint density at radius 3 is 2.67 bits per heavy atom. The fraction of sp³-hybridized carbons (Fsp3) is 0.357. The lowest BCUT2D eigenvalue weighted by Crippen LogP contribution is -2.35.